The lowest BCUT2D eigenvalue weighted by atomic mass is 9.86. The van der Waals surface area contributed by atoms with E-state index < -0.39 is 11.8 Å². The van der Waals surface area contributed by atoms with Gasteiger partial charge < -0.3 is 10.6 Å². The SMILES string of the molecule is N#CC(=C(NC(=O)c1ccccc1)SCC(=O)Nc1cccc(Cl)c1)C(CC(=O)c1ccccc1)c1ccccc1Cl. The Morgan fingerprint density at radius 1 is 0.810 bits per heavy atom. The van der Waals surface area contributed by atoms with Gasteiger partial charge in [0, 0.05) is 39.2 Å². The molecule has 0 radical (unpaired) electrons. The van der Waals surface area contributed by atoms with Crippen molar-refractivity contribution < 1.29 is 14.4 Å². The molecule has 1 atom stereocenters. The van der Waals surface area contributed by atoms with Gasteiger partial charge in [-0.3, -0.25) is 14.4 Å². The molecule has 4 rings (SSSR count). The van der Waals surface area contributed by atoms with E-state index in [0.29, 0.717) is 32.4 Å². The molecule has 0 aliphatic rings. The number of nitriles is 1. The van der Waals surface area contributed by atoms with Crippen molar-refractivity contribution in [3.05, 3.63) is 147 Å². The van der Waals surface area contributed by atoms with Gasteiger partial charge in [0.25, 0.3) is 5.91 Å². The third-order valence-corrected chi connectivity index (χ3v) is 7.79. The molecule has 4 aromatic rings. The summed E-state index contributed by atoms with van der Waals surface area (Å²) in [5.74, 6) is -1.98. The Hall–Kier alpha value is -4.35. The summed E-state index contributed by atoms with van der Waals surface area (Å²) < 4.78 is 0. The number of allylic oxidation sites excluding steroid dienone is 1. The number of nitrogens with one attached hydrogen (secondary N) is 2. The van der Waals surface area contributed by atoms with E-state index >= 15 is 0 Å². The number of Topliss-reactive ketones (excluding diaryl/α,β-unsaturated/α-hetero) is 1. The van der Waals surface area contributed by atoms with Crippen molar-refractivity contribution in [3.8, 4) is 6.07 Å². The van der Waals surface area contributed by atoms with Crippen LogP contribution < -0.4 is 10.6 Å². The molecule has 9 heteroatoms. The highest BCUT2D eigenvalue weighted by Crippen LogP contribution is 2.37. The molecule has 42 heavy (non-hydrogen) atoms. The van der Waals surface area contributed by atoms with Crippen molar-refractivity contribution >= 4 is 58.2 Å². The molecule has 0 heterocycles. The second kappa shape index (κ2) is 15.0. The molecule has 0 aliphatic carbocycles. The van der Waals surface area contributed by atoms with E-state index in [9.17, 15) is 19.6 Å². The first-order chi connectivity index (χ1) is 20.4. The van der Waals surface area contributed by atoms with Crippen LogP contribution in [0.5, 0.6) is 0 Å². The second-order valence-corrected chi connectivity index (χ2v) is 10.9. The Balaban J connectivity index is 1.72. The van der Waals surface area contributed by atoms with E-state index in [1.807, 2.05) is 6.07 Å². The number of anilines is 1. The Morgan fingerprint density at radius 3 is 2.10 bits per heavy atom. The third-order valence-electron chi connectivity index (χ3n) is 6.20. The van der Waals surface area contributed by atoms with Gasteiger partial charge in [-0.05, 0) is 42.0 Å². The zero-order chi connectivity index (χ0) is 29.9. The summed E-state index contributed by atoms with van der Waals surface area (Å²) >= 11 is 13.6. The van der Waals surface area contributed by atoms with Gasteiger partial charge in [-0.2, -0.15) is 5.26 Å². The number of rotatable bonds is 11. The van der Waals surface area contributed by atoms with E-state index in [2.05, 4.69) is 16.7 Å². The number of halogens is 2. The summed E-state index contributed by atoms with van der Waals surface area (Å²) in [5, 5.41) is 17.0. The fraction of sp³-hybridized carbons (Fsp3) is 0.0909. The monoisotopic (exact) mass is 613 g/mol. The van der Waals surface area contributed by atoms with Gasteiger partial charge in [0.1, 0.15) is 0 Å². The van der Waals surface area contributed by atoms with Crippen LogP contribution in [0.2, 0.25) is 10.0 Å². The average molecular weight is 615 g/mol. The number of ketones is 1. The Bertz CT molecular complexity index is 1650. The van der Waals surface area contributed by atoms with E-state index in [1.54, 1.807) is 103 Å². The molecule has 210 valence electrons. The maximum atomic E-state index is 13.4. The van der Waals surface area contributed by atoms with Crippen molar-refractivity contribution in [2.24, 2.45) is 0 Å². The van der Waals surface area contributed by atoms with Crippen LogP contribution in [-0.4, -0.2) is 23.4 Å². The van der Waals surface area contributed by atoms with Crippen molar-refractivity contribution in [1.82, 2.24) is 5.32 Å². The maximum Gasteiger partial charge on any atom is 0.256 e. The van der Waals surface area contributed by atoms with Gasteiger partial charge in [0.05, 0.1) is 22.4 Å². The first-order valence-corrected chi connectivity index (χ1v) is 14.6. The fourth-order valence-corrected chi connectivity index (χ4v) is 5.50. The predicted molar refractivity (Wildman–Crippen MR) is 169 cm³/mol. The van der Waals surface area contributed by atoms with Gasteiger partial charge in [-0.15, -0.1) is 0 Å². The standard InChI is InChI=1S/C33H25Cl2N3O3S/c34-24-14-9-15-25(18-24)37-31(40)21-42-33(38-32(41)23-12-5-2-6-13-23)28(20-36)27(26-16-7-8-17-29(26)35)19-30(39)22-10-3-1-4-11-22/h1-18,27H,19,21H2,(H,37,40)(H,38,41). The molecule has 2 N–H and O–H groups in total. The summed E-state index contributed by atoms with van der Waals surface area (Å²) in [4.78, 5) is 39.5. The van der Waals surface area contributed by atoms with Crippen LogP contribution in [0, 0.1) is 11.3 Å². The Morgan fingerprint density at radius 2 is 1.45 bits per heavy atom. The van der Waals surface area contributed by atoms with Crippen LogP contribution in [0.25, 0.3) is 0 Å². The van der Waals surface area contributed by atoms with Crippen LogP contribution >= 0.6 is 35.0 Å². The lowest BCUT2D eigenvalue weighted by Gasteiger charge is -2.21. The number of hydrogen-bond acceptors (Lipinski definition) is 5. The van der Waals surface area contributed by atoms with Crippen LogP contribution in [0.15, 0.2) is 120 Å². The lowest BCUT2D eigenvalue weighted by molar-refractivity contribution is -0.113. The smallest absolute Gasteiger partial charge is 0.256 e. The van der Waals surface area contributed by atoms with E-state index in [-0.39, 0.29) is 34.5 Å². The normalized spacial score (nSPS) is 11.9. The van der Waals surface area contributed by atoms with Crippen molar-refractivity contribution in [2.75, 3.05) is 11.1 Å². The highest BCUT2D eigenvalue weighted by molar-refractivity contribution is 8.03. The van der Waals surface area contributed by atoms with E-state index in [0.717, 1.165) is 11.8 Å². The summed E-state index contributed by atoms with van der Waals surface area (Å²) in [6, 6.07) is 33.1. The number of benzene rings is 4. The van der Waals surface area contributed by atoms with Gasteiger partial charge in [-0.25, -0.2) is 0 Å². The number of carbonyl (C=O) groups is 3. The first-order valence-electron chi connectivity index (χ1n) is 12.9. The average Bonchev–Trinajstić information content (AvgIpc) is 3.00. The molecular weight excluding hydrogens is 589 g/mol. The molecule has 6 nitrogen and oxygen atoms in total. The van der Waals surface area contributed by atoms with E-state index in [4.69, 9.17) is 23.2 Å². The molecule has 0 fully saturated rings. The molecular formula is C33H25Cl2N3O3S. The number of carbonyl (C=O) groups excluding carboxylic acids is 3. The topological polar surface area (TPSA) is 99.1 Å². The zero-order valence-corrected chi connectivity index (χ0v) is 24.5. The Kier molecular flexibility index (Phi) is 11.0. The first kappa shape index (κ1) is 30.6. The number of nitrogens with zero attached hydrogens (tertiary/aromatic N) is 1. The molecule has 0 bridgehead atoms. The van der Waals surface area contributed by atoms with Gasteiger partial charge in [0.2, 0.25) is 5.91 Å². The van der Waals surface area contributed by atoms with Crippen LogP contribution in [0.1, 0.15) is 38.6 Å². The highest BCUT2D eigenvalue weighted by Gasteiger charge is 2.28. The number of amides is 2. The maximum absolute atomic E-state index is 13.4. The van der Waals surface area contributed by atoms with Crippen molar-refractivity contribution in [2.45, 2.75) is 12.3 Å². The van der Waals surface area contributed by atoms with Gasteiger partial charge >= 0.3 is 0 Å². The number of thioether (sulfide) groups is 1. The number of hydrogen-bond donors (Lipinski definition) is 2. The van der Waals surface area contributed by atoms with Crippen LogP contribution in [-0.2, 0) is 4.79 Å². The molecule has 2 amide bonds. The molecule has 0 aromatic heterocycles. The van der Waals surface area contributed by atoms with E-state index in [1.165, 1.54) is 0 Å². The molecule has 0 saturated carbocycles. The summed E-state index contributed by atoms with van der Waals surface area (Å²) in [5.41, 5.74) is 2.02. The van der Waals surface area contributed by atoms with Crippen molar-refractivity contribution in [3.63, 3.8) is 0 Å². The second-order valence-electron chi connectivity index (χ2n) is 9.09. The minimum Gasteiger partial charge on any atom is -0.325 e. The summed E-state index contributed by atoms with van der Waals surface area (Å²) in [7, 11) is 0. The minimum atomic E-state index is -0.800. The fourth-order valence-electron chi connectivity index (χ4n) is 4.19. The zero-order valence-electron chi connectivity index (χ0n) is 22.2. The molecule has 0 aliphatic heterocycles. The highest BCUT2D eigenvalue weighted by atomic mass is 35.5. The van der Waals surface area contributed by atoms with Crippen LogP contribution in [0.3, 0.4) is 0 Å². The largest absolute Gasteiger partial charge is 0.325 e. The van der Waals surface area contributed by atoms with Gasteiger partial charge in [-0.1, -0.05) is 108 Å². The molecule has 4 aromatic carbocycles. The lowest BCUT2D eigenvalue weighted by Crippen LogP contribution is -2.25. The van der Waals surface area contributed by atoms with Gasteiger partial charge in [0.15, 0.2) is 5.78 Å². The minimum absolute atomic E-state index is 0.0867. The summed E-state index contributed by atoms with van der Waals surface area (Å²) in [6.07, 6.45) is -0.0867. The molecule has 0 saturated heterocycles. The Labute approximate surface area is 258 Å². The molecule has 0 spiro atoms. The van der Waals surface area contributed by atoms with Crippen molar-refractivity contribution in [1.29, 1.82) is 5.26 Å². The third kappa shape index (κ3) is 8.34. The van der Waals surface area contributed by atoms with Crippen LogP contribution in [0.4, 0.5) is 5.69 Å². The quantitative estimate of drug-likeness (QED) is 0.132. The molecule has 1 unspecified atom stereocenters. The predicted octanol–water partition coefficient (Wildman–Crippen LogP) is 7.89. The summed E-state index contributed by atoms with van der Waals surface area (Å²) in [6.45, 7) is 0.